The summed E-state index contributed by atoms with van der Waals surface area (Å²) in [5.41, 5.74) is 1.13. The number of nitrogens with zero attached hydrogens (tertiary/aromatic N) is 1. The topological polar surface area (TPSA) is 72.9 Å². The summed E-state index contributed by atoms with van der Waals surface area (Å²) in [7, 11) is 1.54. The average molecular weight is 444 g/mol. The number of amides is 2. The molecule has 6 nitrogen and oxygen atoms in total. The van der Waals surface area contributed by atoms with Crippen LogP contribution in [0.5, 0.6) is 11.5 Å². The Hall–Kier alpha value is -2.67. The Bertz CT molecular complexity index is 971. The summed E-state index contributed by atoms with van der Waals surface area (Å²) in [4.78, 5) is 40.4. The first-order valence-electron chi connectivity index (χ1n) is 8.99. The van der Waals surface area contributed by atoms with Crippen LogP contribution in [0.4, 0.5) is 5.69 Å². The van der Waals surface area contributed by atoms with Gasteiger partial charge in [0.1, 0.15) is 17.4 Å². The van der Waals surface area contributed by atoms with E-state index in [1.807, 2.05) is 13.0 Å². The van der Waals surface area contributed by atoms with Gasteiger partial charge in [0.05, 0.1) is 12.8 Å². The van der Waals surface area contributed by atoms with Crippen molar-refractivity contribution in [2.45, 2.75) is 19.3 Å². The van der Waals surface area contributed by atoms with E-state index in [9.17, 15) is 14.4 Å². The van der Waals surface area contributed by atoms with Crippen LogP contribution < -0.4 is 14.4 Å². The van der Waals surface area contributed by atoms with E-state index < -0.39 is 29.6 Å². The molecule has 144 valence electrons. The third kappa shape index (κ3) is 2.81. The molecule has 0 bridgehead atoms. The van der Waals surface area contributed by atoms with Gasteiger partial charge in [-0.2, -0.15) is 0 Å². The summed E-state index contributed by atoms with van der Waals surface area (Å²) >= 11 is 3.42. The second-order valence-electron chi connectivity index (χ2n) is 6.83. The lowest BCUT2D eigenvalue weighted by Crippen LogP contribution is -2.57. The highest BCUT2D eigenvalue weighted by Crippen LogP contribution is 2.48. The Kier molecular flexibility index (Phi) is 4.71. The van der Waals surface area contributed by atoms with Crippen molar-refractivity contribution in [1.29, 1.82) is 0 Å². The normalized spacial score (nSPS) is 23.8. The fraction of sp³-hybridized carbons (Fsp3) is 0.286. The number of ether oxygens (including phenoxy) is 2. The van der Waals surface area contributed by atoms with E-state index in [1.165, 1.54) is 7.11 Å². The standard InChI is InChI=1S/C21H18BrNO5/c1-3-14-17-15-10-11(22)4-9-16(15)28-21(26)18(17)20(25)23(19(14)24)12-5-7-13(27-2)8-6-12/h4-10,14,17-18H,3H2,1-2H3. The molecule has 0 saturated carbocycles. The van der Waals surface area contributed by atoms with Gasteiger partial charge in [0, 0.05) is 21.9 Å². The largest absolute Gasteiger partial charge is 0.497 e. The first-order valence-corrected chi connectivity index (χ1v) is 9.78. The molecule has 28 heavy (non-hydrogen) atoms. The number of carbonyl (C=O) groups is 3. The number of benzene rings is 2. The number of piperidine rings is 1. The molecule has 0 N–H and O–H groups in total. The highest BCUT2D eigenvalue weighted by molar-refractivity contribution is 9.10. The van der Waals surface area contributed by atoms with Gasteiger partial charge in [-0.05, 0) is 48.9 Å². The molecule has 7 heteroatoms. The second kappa shape index (κ2) is 7.05. The number of fused-ring (bicyclic) bond motifs is 3. The number of carbonyl (C=O) groups excluding carboxylic acids is 3. The Balaban J connectivity index is 1.82. The zero-order valence-corrected chi connectivity index (χ0v) is 16.9. The predicted molar refractivity (Wildman–Crippen MR) is 105 cm³/mol. The number of hydrogen-bond acceptors (Lipinski definition) is 5. The molecule has 3 unspecified atom stereocenters. The maximum atomic E-state index is 13.3. The minimum absolute atomic E-state index is 0.306. The average Bonchev–Trinajstić information content (AvgIpc) is 2.69. The van der Waals surface area contributed by atoms with Gasteiger partial charge >= 0.3 is 5.97 Å². The van der Waals surface area contributed by atoms with E-state index in [-0.39, 0.29) is 5.91 Å². The molecule has 3 atom stereocenters. The zero-order chi connectivity index (χ0) is 20.0. The lowest BCUT2D eigenvalue weighted by molar-refractivity contribution is -0.151. The first kappa shape index (κ1) is 18.7. The van der Waals surface area contributed by atoms with Crippen molar-refractivity contribution in [1.82, 2.24) is 0 Å². The molecular weight excluding hydrogens is 426 g/mol. The minimum atomic E-state index is -1.05. The number of halogens is 1. The van der Waals surface area contributed by atoms with Crippen molar-refractivity contribution in [3.05, 3.63) is 52.5 Å². The van der Waals surface area contributed by atoms with Gasteiger partial charge < -0.3 is 9.47 Å². The number of methoxy groups -OCH3 is 1. The molecule has 0 radical (unpaired) electrons. The minimum Gasteiger partial charge on any atom is -0.497 e. The lowest BCUT2D eigenvalue weighted by Gasteiger charge is -2.43. The summed E-state index contributed by atoms with van der Waals surface area (Å²) in [6.07, 6.45) is 0.499. The monoisotopic (exact) mass is 443 g/mol. The Morgan fingerprint density at radius 1 is 1.07 bits per heavy atom. The van der Waals surface area contributed by atoms with Gasteiger partial charge in [-0.15, -0.1) is 0 Å². The fourth-order valence-electron chi connectivity index (χ4n) is 4.06. The first-order chi connectivity index (χ1) is 13.5. The van der Waals surface area contributed by atoms with E-state index in [1.54, 1.807) is 36.4 Å². The van der Waals surface area contributed by atoms with E-state index in [2.05, 4.69) is 15.9 Å². The van der Waals surface area contributed by atoms with E-state index in [4.69, 9.17) is 9.47 Å². The van der Waals surface area contributed by atoms with Crippen LogP contribution in [0, 0.1) is 11.8 Å². The molecule has 0 aromatic heterocycles. The number of esters is 1. The molecule has 2 aromatic carbocycles. The van der Waals surface area contributed by atoms with Crippen LogP contribution >= 0.6 is 15.9 Å². The third-order valence-electron chi connectivity index (χ3n) is 5.38. The van der Waals surface area contributed by atoms with Crippen LogP contribution in [0.1, 0.15) is 24.8 Å². The maximum Gasteiger partial charge on any atom is 0.324 e. The smallest absolute Gasteiger partial charge is 0.324 e. The fourth-order valence-corrected chi connectivity index (χ4v) is 4.43. The summed E-state index contributed by atoms with van der Waals surface area (Å²) in [6, 6.07) is 11.9. The molecule has 2 aromatic rings. The molecule has 4 rings (SSSR count). The van der Waals surface area contributed by atoms with Crippen molar-refractivity contribution >= 4 is 39.4 Å². The van der Waals surface area contributed by atoms with Crippen LogP contribution in [0.3, 0.4) is 0 Å². The lowest BCUT2D eigenvalue weighted by atomic mass is 9.70. The van der Waals surface area contributed by atoms with E-state index >= 15 is 0 Å². The number of hydrogen-bond donors (Lipinski definition) is 0. The molecule has 0 spiro atoms. The van der Waals surface area contributed by atoms with Crippen LogP contribution in [-0.4, -0.2) is 24.9 Å². The second-order valence-corrected chi connectivity index (χ2v) is 7.75. The van der Waals surface area contributed by atoms with Crippen molar-refractivity contribution in [2.75, 3.05) is 12.0 Å². The Labute approximate surface area is 170 Å². The molecule has 2 amide bonds. The van der Waals surface area contributed by atoms with Gasteiger partial charge in [-0.3, -0.25) is 14.4 Å². The molecule has 0 aliphatic carbocycles. The Morgan fingerprint density at radius 3 is 2.43 bits per heavy atom. The quantitative estimate of drug-likeness (QED) is 0.313. The molecule has 1 saturated heterocycles. The molecule has 1 fully saturated rings. The number of rotatable bonds is 3. The van der Waals surface area contributed by atoms with E-state index in [0.717, 1.165) is 9.37 Å². The summed E-state index contributed by atoms with van der Waals surface area (Å²) in [5.74, 6) is -2.55. The molecular formula is C21H18BrNO5. The molecule has 2 heterocycles. The van der Waals surface area contributed by atoms with Crippen molar-refractivity contribution in [3.63, 3.8) is 0 Å². The van der Waals surface area contributed by atoms with Gasteiger partial charge in [0.15, 0.2) is 0 Å². The highest BCUT2D eigenvalue weighted by Gasteiger charge is 2.55. The molecule has 2 aliphatic rings. The third-order valence-corrected chi connectivity index (χ3v) is 5.88. The highest BCUT2D eigenvalue weighted by atomic mass is 79.9. The Morgan fingerprint density at radius 2 is 1.79 bits per heavy atom. The van der Waals surface area contributed by atoms with Crippen LogP contribution in [0.25, 0.3) is 0 Å². The van der Waals surface area contributed by atoms with Crippen LogP contribution in [0.2, 0.25) is 0 Å². The number of imide groups is 1. The van der Waals surface area contributed by atoms with Gasteiger partial charge in [0.2, 0.25) is 11.8 Å². The SMILES string of the molecule is CCC1C(=O)N(c2ccc(OC)cc2)C(=O)C2C(=O)Oc3ccc(Br)cc3C12. The van der Waals surface area contributed by atoms with Crippen molar-refractivity contribution in [2.24, 2.45) is 11.8 Å². The van der Waals surface area contributed by atoms with E-state index in [0.29, 0.717) is 29.2 Å². The van der Waals surface area contributed by atoms with Crippen molar-refractivity contribution in [3.8, 4) is 11.5 Å². The summed E-state index contributed by atoms with van der Waals surface area (Å²) in [6.45, 7) is 1.89. The zero-order valence-electron chi connectivity index (χ0n) is 15.3. The molecule has 2 aliphatic heterocycles. The van der Waals surface area contributed by atoms with Gasteiger partial charge in [0.25, 0.3) is 0 Å². The van der Waals surface area contributed by atoms with Gasteiger partial charge in [-0.1, -0.05) is 22.9 Å². The van der Waals surface area contributed by atoms with Crippen molar-refractivity contribution < 1.29 is 23.9 Å². The van der Waals surface area contributed by atoms with Crippen LogP contribution in [-0.2, 0) is 14.4 Å². The van der Waals surface area contributed by atoms with Gasteiger partial charge in [-0.25, -0.2) is 4.90 Å². The summed E-state index contributed by atoms with van der Waals surface area (Å²) < 4.78 is 11.4. The van der Waals surface area contributed by atoms with Crippen LogP contribution in [0.15, 0.2) is 46.9 Å². The number of anilines is 1. The summed E-state index contributed by atoms with van der Waals surface area (Å²) in [5, 5.41) is 0. The maximum absolute atomic E-state index is 13.3. The predicted octanol–water partition coefficient (Wildman–Crippen LogP) is 3.68.